The number of rotatable bonds is 2. The number of carbonyl (C=O) groups is 1. The number of nitrogens with one attached hydrogen (secondary N) is 1. The van der Waals surface area contributed by atoms with E-state index in [9.17, 15) is 9.90 Å². The Morgan fingerprint density at radius 2 is 2.00 bits per heavy atom. The Morgan fingerprint density at radius 1 is 1.39 bits per heavy atom. The van der Waals surface area contributed by atoms with Crippen molar-refractivity contribution in [3.05, 3.63) is 15.6 Å². The first-order valence-corrected chi connectivity index (χ1v) is 7.16. The lowest BCUT2D eigenvalue weighted by Gasteiger charge is -2.20. The molecule has 0 amide bonds. The van der Waals surface area contributed by atoms with E-state index in [0.717, 1.165) is 36.6 Å². The van der Waals surface area contributed by atoms with E-state index in [1.165, 1.54) is 11.3 Å². The average molecular weight is 268 g/mol. The van der Waals surface area contributed by atoms with Crippen LogP contribution in [0.15, 0.2) is 0 Å². The summed E-state index contributed by atoms with van der Waals surface area (Å²) in [6.07, 6.45) is 2.10. The zero-order valence-corrected chi connectivity index (χ0v) is 11.9. The Labute approximate surface area is 111 Å². The van der Waals surface area contributed by atoms with Crippen LogP contribution < -0.4 is 5.32 Å². The number of piperidine rings is 1. The van der Waals surface area contributed by atoms with Gasteiger partial charge in [0.25, 0.3) is 0 Å². The van der Waals surface area contributed by atoms with E-state index >= 15 is 0 Å². The fourth-order valence-electron chi connectivity index (χ4n) is 2.23. The molecule has 0 atom stereocenters. The van der Waals surface area contributed by atoms with Crippen LogP contribution in [0.25, 0.3) is 0 Å². The lowest BCUT2D eigenvalue weighted by molar-refractivity contribution is 0.0699. The molecule has 1 aromatic rings. The largest absolute Gasteiger partial charge is 0.477 e. The molecule has 0 saturated carbocycles. The number of nitrogens with zero attached hydrogens (tertiary/aromatic N) is 1. The third-order valence-electron chi connectivity index (χ3n) is 3.24. The fourth-order valence-corrected chi connectivity index (χ4v) is 3.52. The Kier molecular flexibility index (Phi) is 3.73. The van der Waals surface area contributed by atoms with Gasteiger partial charge in [-0.3, -0.25) is 0 Å². The van der Waals surface area contributed by atoms with Crippen LogP contribution in [0.1, 0.15) is 59.9 Å². The van der Waals surface area contributed by atoms with Crippen molar-refractivity contribution in [3.8, 4) is 0 Å². The zero-order chi connectivity index (χ0) is 13.3. The van der Waals surface area contributed by atoms with Gasteiger partial charge in [0.2, 0.25) is 0 Å². The molecule has 1 saturated heterocycles. The monoisotopic (exact) mass is 268 g/mol. The van der Waals surface area contributed by atoms with E-state index in [-0.39, 0.29) is 5.41 Å². The van der Waals surface area contributed by atoms with Crippen LogP contribution in [0.4, 0.5) is 0 Å². The highest BCUT2D eigenvalue weighted by atomic mass is 32.1. The van der Waals surface area contributed by atoms with Crippen LogP contribution in [0.2, 0.25) is 0 Å². The minimum atomic E-state index is -0.849. The Balaban J connectivity index is 2.35. The highest BCUT2D eigenvalue weighted by Crippen LogP contribution is 2.35. The molecule has 1 fully saturated rings. The molecular weight excluding hydrogens is 248 g/mol. The lowest BCUT2D eigenvalue weighted by atomic mass is 9.91. The van der Waals surface area contributed by atoms with Crippen molar-refractivity contribution >= 4 is 17.3 Å². The van der Waals surface area contributed by atoms with E-state index in [1.807, 2.05) is 20.8 Å². The van der Waals surface area contributed by atoms with E-state index in [1.54, 1.807) is 0 Å². The molecule has 0 radical (unpaired) electrons. The third kappa shape index (κ3) is 2.72. The fraction of sp³-hybridized carbons (Fsp3) is 0.692. The lowest BCUT2D eigenvalue weighted by Crippen LogP contribution is -2.26. The highest BCUT2D eigenvalue weighted by molar-refractivity contribution is 7.13. The topological polar surface area (TPSA) is 62.2 Å². The first-order chi connectivity index (χ1) is 8.39. The molecule has 18 heavy (non-hydrogen) atoms. The molecule has 2 rings (SSSR count). The molecule has 0 spiro atoms. The summed E-state index contributed by atoms with van der Waals surface area (Å²) in [5.41, 5.74) is 0.517. The normalized spacial score (nSPS) is 17.9. The van der Waals surface area contributed by atoms with Crippen LogP contribution in [-0.4, -0.2) is 29.1 Å². The number of aromatic carboxylic acids is 1. The van der Waals surface area contributed by atoms with Crippen LogP contribution in [0.5, 0.6) is 0 Å². The Hall–Kier alpha value is -0.940. The van der Waals surface area contributed by atoms with Gasteiger partial charge in [-0.1, -0.05) is 20.8 Å². The van der Waals surface area contributed by atoms with Gasteiger partial charge in [-0.25, -0.2) is 9.78 Å². The maximum absolute atomic E-state index is 11.3. The van der Waals surface area contributed by atoms with Gasteiger partial charge in [0.05, 0.1) is 10.7 Å². The van der Waals surface area contributed by atoms with Gasteiger partial charge in [0, 0.05) is 11.3 Å². The summed E-state index contributed by atoms with van der Waals surface area (Å²) in [7, 11) is 0. The summed E-state index contributed by atoms with van der Waals surface area (Å²) in [5.74, 6) is -0.428. The molecule has 4 nitrogen and oxygen atoms in total. The molecule has 0 aromatic carbocycles. The van der Waals surface area contributed by atoms with Crippen molar-refractivity contribution in [2.45, 2.75) is 44.9 Å². The summed E-state index contributed by atoms with van der Waals surface area (Å²) in [5, 5.41) is 13.6. The minimum absolute atomic E-state index is 0.213. The highest BCUT2D eigenvalue weighted by Gasteiger charge is 2.29. The van der Waals surface area contributed by atoms with Gasteiger partial charge in [-0.05, 0) is 25.9 Å². The molecule has 0 bridgehead atoms. The van der Waals surface area contributed by atoms with Crippen molar-refractivity contribution in [2.75, 3.05) is 13.1 Å². The van der Waals surface area contributed by atoms with Crippen LogP contribution in [0, 0.1) is 0 Å². The summed E-state index contributed by atoms with van der Waals surface area (Å²) in [6.45, 7) is 8.04. The first kappa shape index (κ1) is 13.5. The van der Waals surface area contributed by atoms with Crippen molar-refractivity contribution < 1.29 is 9.90 Å². The molecule has 5 heteroatoms. The quantitative estimate of drug-likeness (QED) is 0.865. The first-order valence-electron chi connectivity index (χ1n) is 6.35. The van der Waals surface area contributed by atoms with Crippen LogP contribution >= 0.6 is 11.3 Å². The van der Waals surface area contributed by atoms with Gasteiger partial charge in [-0.2, -0.15) is 0 Å². The van der Waals surface area contributed by atoms with Crippen LogP contribution in [-0.2, 0) is 5.41 Å². The maximum Gasteiger partial charge on any atom is 0.347 e. The molecule has 1 aliphatic rings. The second-order valence-electron chi connectivity index (χ2n) is 5.81. The maximum atomic E-state index is 11.3. The number of hydrogen-bond acceptors (Lipinski definition) is 4. The van der Waals surface area contributed by atoms with E-state index < -0.39 is 5.97 Å². The standard InChI is InChI=1S/C13H20N2O2S/c1-13(2,3)10-9(12(16)17)18-11(15-10)8-4-6-14-7-5-8/h8,14H,4-7H2,1-3H3,(H,16,17). The van der Waals surface area contributed by atoms with Crippen LogP contribution in [0.3, 0.4) is 0 Å². The van der Waals surface area contributed by atoms with Crippen molar-refractivity contribution in [1.82, 2.24) is 10.3 Å². The molecule has 100 valence electrons. The van der Waals surface area contributed by atoms with Gasteiger partial charge in [0.1, 0.15) is 4.88 Å². The van der Waals surface area contributed by atoms with Gasteiger partial charge >= 0.3 is 5.97 Å². The Morgan fingerprint density at radius 3 is 2.44 bits per heavy atom. The molecule has 2 N–H and O–H groups in total. The van der Waals surface area contributed by atoms with Crippen molar-refractivity contribution in [3.63, 3.8) is 0 Å². The Bertz CT molecular complexity index is 442. The smallest absolute Gasteiger partial charge is 0.347 e. The summed E-state index contributed by atoms with van der Waals surface area (Å²) in [6, 6.07) is 0. The summed E-state index contributed by atoms with van der Waals surface area (Å²) in [4.78, 5) is 16.4. The second-order valence-corrected chi connectivity index (χ2v) is 6.84. The summed E-state index contributed by atoms with van der Waals surface area (Å²) >= 11 is 1.36. The average Bonchev–Trinajstić information content (AvgIpc) is 2.74. The zero-order valence-electron chi connectivity index (χ0n) is 11.1. The van der Waals surface area contributed by atoms with E-state index in [2.05, 4.69) is 10.3 Å². The number of carboxylic acids is 1. The molecule has 0 unspecified atom stereocenters. The van der Waals surface area contributed by atoms with Gasteiger partial charge < -0.3 is 10.4 Å². The minimum Gasteiger partial charge on any atom is -0.477 e. The molecule has 2 heterocycles. The summed E-state index contributed by atoms with van der Waals surface area (Å²) < 4.78 is 0. The van der Waals surface area contributed by atoms with E-state index in [4.69, 9.17) is 0 Å². The predicted molar refractivity (Wildman–Crippen MR) is 72.6 cm³/mol. The van der Waals surface area contributed by atoms with E-state index in [0.29, 0.717) is 10.8 Å². The number of aromatic nitrogens is 1. The van der Waals surface area contributed by atoms with Gasteiger partial charge in [0.15, 0.2) is 0 Å². The van der Waals surface area contributed by atoms with Crippen molar-refractivity contribution in [1.29, 1.82) is 0 Å². The third-order valence-corrected chi connectivity index (χ3v) is 4.44. The SMILES string of the molecule is CC(C)(C)c1nc(C2CCNCC2)sc1C(=O)O. The van der Waals surface area contributed by atoms with Gasteiger partial charge in [-0.15, -0.1) is 11.3 Å². The predicted octanol–water partition coefficient (Wildman–Crippen LogP) is 2.61. The molecule has 1 aliphatic heterocycles. The number of carboxylic acid groups (broad SMARTS) is 1. The number of thiazole rings is 1. The van der Waals surface area contributed by atoms with Crippen molar-refractivity contribution in [2.24, 2.45) is 0 Å². The number of hydrogen-bond donors (Lipinski definition) is 2. The second kappa shape index (κ2) is 4.97. The molecule has 1 aromatic heterocycles. The molecule has 0 aliphatic carbocycles. The molecular formula is C13H20N2O2S.